The van der Waals surface area contributed by atoms with E-state index in [1.54, 1.807) is 0 Å². The maximum Gasteiger partial charge on any atom is 0.0493 e. The predicted molar refractivity (Wildman–Crippen MR) is 159 cm³/mol. The summed E-state index contributed by atoms with van der Waals surface area (Å²) in [6.07, 6.45) is 2.45. The molecule has 0 N–H and O–H groups in total. The first-order chi connectivity index (χ1) is 17.5. The van der Waals surface area contributed by atoms with E-state index >= 15 is 0 Å². The highest BCUT2D eigenvalue weighted by molar-refractivity contribution is 5.86. The Morgan fingerprint density at radius 3 is 1.84 bits per heavy atom. The van der Waals surface area contributed by atoms with E-state index in [0.717, 1.165) is 0 Å². The number of para-hydroxylation sites is 1. The number of fused-ring (bicyclic) bond motifs is 4. The summed E-state index contributed by atoms with van der Waals surface area (Å²) in [6.45, 7) is 16.7. The molecule has 0 bridgehead atoms. The molecule has 0 aliphatic heterocycles. The van der Waals surface area contributed by atoms with Crippen molar-refractivity contribution in [3.63, 3.8) is 0 Å². The van der Waals surface area contributed by atoms with Gasteiger partial charge in [-0.3, -0.25) is 0 Å². The second kappa shape index (κ2) is 8.09. The van der Waals surface area contributed by atoms with Gasteiger partial charge in [0.15, 0.2) is 0 Å². The molecule has 1 heteroatoms. The Morgan fingerprint density at radius 1 is 0.541 bits per heavy atom. The van der Waals surface area contributed by atoms with Gasteiger partial charge in [-0.05, 0) is 99.9 Å². The molecule has 4 aromatic rings. The van der Waals surface area contributed by atoms with Gasteiger partial charge in [-0.15, -0.1) is 0 Å². The average Bonchev–Trinajstić information content (AvgIpc) is 3.10. The normalized spacial score (nSPS) is 18.0. The SMILES string of the molecule is Cc1cc2c(cc1N(c1ccccc1)c1ccc3c(c1)C(C)(C)c1ccccc1-3)C(C)(C)CCC2(C)C. The van der Waals surface area contributed by atoms with Gasteiger partial charge >= 0.3 is 0 Å². The minimum atomic E-state index is -0.0266. The fourth-order valence-electron chi connectivity index (χ4n) is 6.79. The minimum Gasteiger partial charge on any atom is -0.310 e. The molecule has 0 aromatic heterocycles. The summed E-state index contributed by atoms with van der Waals surface area (Å²) < 4.78 is 0. The Bertz CT molecular complexity index is 1500. The van der Waals surface area contributed by atoms with Crippen LogP contribution < -0.4 is 4.90 Å². The van der Waals surface area contributed by atoms with E-state index in [1.165, 1.54) is 68.8 Å². The molecule has 6 rings (SSSR count). The van der Waals surface area contributed by atoms with Crippen molar-refractivity contribution in [2.75, 3.05) is 4.90 Å². The van der Waals surface area contributed by atoms with Crippen LogP contribution in [0.2, 0.25) is 0 Å². The molecule has 0 unspecified atom stereocenters. The van der Waals surface area contributed by atoms with Crippen molar-refractivity contribution in [3.8, 4) is 11.1 Å². The number of hydrogen-bond acceptors (Lipinski definition) is 1. The first kappa shape index (κ1) is 24.0. The Hall–Kier alpha value is -3.32. The van der Waals surface area contributed by atoms with Crippen LogP contribution >= 0.6 is 0 Å². The Morgan fingerprint density at radius 2 is 1.14 bits per heavy atom. The van der Waals surface area contributed by atoms with Crippen LogP contribution in [0, 0.1) is 6.92 Å². The third-order valence-electron chi connectivity index (χ3n) is 9.25. The molecule has 0 spiro atoms. The number of anilines is 3. The third kappa shape index (κ3) is 3.66. The Kier molecular flexibility index (Phi) is 5.26. The lowest BCUT2D eigenvalue weighted by Gasteiger charge is -2.43. The number of nitrogens with zero attached hydrogens (tertiary/aromatic N) is 1. The van der Waals surface area contributed by atoms with Crippen molar-refractivity contribution in [1.82, 2.24) is 0 Å². The van der Waals surface area contributed by atoms with E-state index in [-0.39, 0.29) is 16.2 Å². The zero-order valence-electron chi connectivity index (χ0n) is 23.4. The van der Waals surface area contributed by atoms with Gasteiger partial charge in [-0.25, -0.2) is 0 Å². The highest BCUT2D eigenvalue weighted by atomic mass is 15.1. The second-order valence-electron chi connectivity index (χ2n) is 13.0. The zero-order valence-corrected chi connectivity index (χ0v) is 23.4. The molecular formula is C36H39N. The van der Waals surface area contributed by atoms with Gasteiger partial charge in [0.2, 0.25) is 0 Å². The summed E-state index contributed by atoms with van der Waals surface area (Å²) >= 11 is 0. The topological polar surface area (TPSA) is 3.24 Å². The summed E-state index contributed by atoms with van der Waals surface area (Å²) in [4.78, 5) is 2.48. The molecule has 2 aliphatic rings. The van der Waals surface area contributed by atoms with Gasteiger partial charge in [-0.2, -0.15) is 0 Å². The number of hydrogen-bond donors (Lipinski definition) is 0. The molecule has 0 amide bonds. The standard InChI is InChI=1S/C36H39N/c1-24-21-31-32(35(4,5)20-19-34(31,2)3)23-33(24)37(25-13-9-8-10-14-25)26-17-18-28-27-15-11-12-16-29(27)36(6,7)30(28)22-26/h8-18,21-23H,19-20H2,1-7H3. The lowest BCUT2D eigenvalue weighted by atomic mass is 9.63. The molecule has 0 radical (unpaired) electrons. The third-order valence-corrected chi connectivity index (χ3v) is 9.25. The van der Waals surface area contributed by atoms with Crippen LogP contribution in [0.1, 0.15) is 82.2 Å². The van der Waals surface area contributed by atoms with E-state index in [4.69, 9.17) is 0 Å². The Balaban J connectivity index is 1.58. The molecule has 1 nitrogen and oxygen atoms in total. The van der Waals surface area contributed by atoms with Gasteiger partial charge < -0.3 is 4.90 Å². The average molecular weight is 486 g/mol. The molecule has 4 aromatic carbocycles. The first-order valence-corrected chi connectivity index (χ1v) is 13.8. The predicted octanol–water partition coefficient (Wildman–Crippen LogP) is 10.1. The van der Waals surface area contributed by atoms with Crippen LogP contribution in [-0.4, -0.2) is 0 Å². The summed E-state index contributed by atoms with van der Waals surface area (Å²) in [5.41, 5.74) is 14.0. The van der Waals surface area contributed by atoms with Gasteiger partial charge in [0.05, 0.1) is 0 Å². The summed E-state index contributed by atoms with van der Waals surface area (Å²) in [6, 6.07) is 31.9. The highest BCUT2D eigenvalue weighted by Gasteiger charge is 2.39. The van der Waals surface area contributed by atoms with E-state index in [2.05, 4.69) is 138 Å². The van der Waals surface area contributed by atoms with E-state index in [0.29, 0.717) is 0 Å². The Labute approximate surface area is 223 Å². The van der Waals surface area contributed by atoms with Gasteiger partial charge in [0, 0.05) is 22.5 Å². The zero-order chi connectivity index (χ0) is 26.2. The number of rotatable bonds is 3. The number of aryl methyl sites for hydroxylation is 1. The minimum absolute atomic E-state index is 0.0266. The van der Waals surface area contributed by atoms with Crippen molar-refractivity contribution in [2.45, 2.75) is 77.6 Å². The molecule has 0 atom stereocenters. The van der Waals surface area contributed by atoms with Gasteiger partial charge in [-0.1, -0.05) is 96.1 Å². The monoisotopic (exact) mass is 485 g/mol. The largest absolute Gasteiger partial charge is 0.310 e. The maximum atomic E-state index is 2.51. The molecule has 37 heavy (non-hydrogen) atoms. The van der Waals surface area contributed by atoms with E-state index < -0.39 is 0 Å². The molecule has 188 valence electrons. The molecule has 0 heterocycles. The summed E-state index contributed by atoms with van der Waals surface area (Å²) in [7, 11) is 0. The van der Waals surface area contributed by atoms with Crippen LogP contribution in [0.5, 0.6) is 0 Å². The lowest BCUT2D eigenvalue weighted by molar-refractivity contribution is 0.332. The van der Waals surface area contributed by atoms with E-state index in [9.17, 15) is 0 Å². The van der Waals surface area contributed by atoms with Crippen LogP contribution in [0.4, 0.5) is 17.1 Å². The fourth-order valence-corrected chi connectivity index (χ4v) is 6.79. The van der Waals surface area contributed by atoms with Crippen molar-refractivity contribution < 1.29 is 0 Å². The second-order valence-corrected chi connectivity index (χ2v) is 13.0. The van der Waals surface area contributed by atoms with Crippen molar-refractivity contribution in [1.29, 1.82) is 0 Å². The highest BCUT2D eigenvalue weighted by Crippen LogP contribution is 2.52. The number of benzene rings is 4. The van der Waals surface area contributed by atoms with Crippen LogP contribution in [0.3, 0.4) is 0 Å². The summed E-state index contributed by atoms with van der Waals surface area (Å²) in [5, 5.41) is 0. The molecular weight excluding hydrogens is 446 g/mol. The van der Waals surface area contributed by atoms with Gasteiger partial charge in [0.1, 0.15) is 0 Å². The van der Waals surface area contributed by atoms with Crippen molar-refractivity contribution in [3.05, 3.63) is 113 Å². The smallest absolute Gasteiger partial charge is 0.0493 e. The maximum absolute atomic E-state index is 2.51. The van der Waals surface area contributed by atoms with Crippen molar-refractivity contribution >= 4 is 17.1 Å². The quantitative estimate of drug-likeness (QED) is 0.279. The van der Waals surface area contributed by atoms with Crippen LogP contribution in [0.15, 0.2) is 84.9 Å². The van der Waals surface area contributed by atoms with Crippen LogP contribution in [-0.2, 0) is 16.2 Å². The lowest BCUT2D eigenvalue weighted by Crippen LogP contribution is -2.34. The molecule has 0 saturated heterocycles. The summed E-state index contributed by atoms with van der Waals surface area (Å²) in [5.74, 6) is 0. The van der Waals surface area contributed by atoms with Crippen molar-refractivity contribution in [2.24, 2.45) is 0 Å². The first-order valence-electron chi connectivity index (χ1n) is 13.8. The van der Waals surface area contributed by atoms with E-state index in [1.807, 2.05) is 0 Å². The molecule has 0 fully saturated rings. The fraction of sp³-hybridized carbons (Fsp3) is 0.333. The van der Waals surface area contributed by atoms with Crippen LogP contribution in [0.25, 0.3) is 11.1 Å². The molecule has 0 saturated carbocycles. The van der Waals surface area contributed by atoms with Gasteiger partial charge in [0.25, 0.3) is 0 Å². The molecule has 2 aliphatic carbocycles.